The summed E-state index contributed by atoms with van der Waals surface area (Å²) in [5.74, 6) is 0. The first-order chi connectivity index (χ1) is 5.40. The van der Waals surface area contributed by atoms with Crippen molar-refractivity contribution in [3.63, 3.8) is 0 Å². The first-order valence-corrected chi connectivity index (χ1v) is 5.89. The second-order valence-corrected chi connectivity index (χ2v) is 4.57. The van der Waals surface area contributed by atoms with Crippen molar-refractivity contribution in [2.45, 2.75) is 32.6 Å². The van der Waals surface area contributed by atoms with Crippen LogP contribution in [0, 0.1) is 0 Å². The highest BCUT2D eigenvalue weighted by Crippen LogP contribution is 2.19. The van der Waals surface area contributed by atoms with Crippen LogP contribution in [0.4, 0.5) is 0 Å². The largest absolute Gasteiger partial charge is 0.366 e. The molecular formula is C7H18NO3P. The average Bonchev–Trinajstić information content (AvgIpc) is 1.85. The van der Waals surface area contributed by atoms with Gasteiger partial charge in [-0.05, 0) is 27.4 Å². The summed E-state index contributed by atoms with van der Waals surface area (Å²) < 4.78 is 15.9. The molecule has 0 aliphatic carbocycles. The summed E-state index contributed by atoms with van der Waals surface area (Å²) in [5.41, 5.74) is -0.652. The molecule has 0 bridgehead atoms. The lowest BCUT2D eigenvalue weighted by molar-refractivity contribution is -0.135. The highest BCUT2D eigenvalue weighted by molar-refractivity contribution is 7.41. The van der Waals surface area contributed by atoms with Crippen LogP contribution in [-0.4, -0.2) is 30.2 Å². The first-order valence-electron chi connectivity index (χ1n) is 3.98. The second-order valence-electron chi connectivity index (χ2n) is 3.21. The number of rotatable bonds is 5. The van der Waals surface area contributed by atoms with Crippen molar-refractivity contribution >= 4 is 7.95 Å². The minimum atomic E-state index is -1.79. The van der Waals surface area contributed by atoms with Crippen molar-refractivity contribution in [3.05, 3.63) is 0 Å². The summed E-state index contributed by atoms with van der Waals surface area (Å²) in [6.45, 7) is 7.33. The molecular weight excluding hydrogens is 177 g/mol. The molecule has 0 rings (SSSR count). The minimum Gasteiger partial charge on any atom is -0.366 e. The van der Waals surface area contributed by atoms with E-state index in [1.54, 1.807) is 27.4 Å². The standard InChI is InChI=1S/C7H18NO3P/c1-5-11-6(9)7(2,3)8-12(4)10/h6,9,12H,5H2,1-4H3,(H,8,10). The number of hydrogen-bond acceptors (Lipinski definition) is 3. The van der Waals surface area contributed by atoms with Crippen molar-refractivity contribution in [2.24, 2.45) is 0 Å². The molecule has 0 aromatic heterocycles. The minimum absolute atomic E-state index is 0.441. The Morgan fingerprint density at radius 2 is 2.17 bits per heavy atom. The molecule has 0 spiro atoms. The molecule has 0 aliphatic heterocycles. The SMILES string of the molecule is CCOC(O)C(C)(C)N[PH](C)=O. The highest BCUT2D eigenvalue weighted by atomic mass is 31.1. The van der Waals surface area contributed by atoms with E-state index < -0.39 is 19.8 Å². The molecule has 0 amide bonds. The van der Waals surface area contributed by atoms with Crippen molar-refractivity contribution in [1.29, 1.82) is 0 Å². The number of aliphatic hydroxyl groups excluding tert-OH is 1. The van der Waals surface area contributed by atoms with Gasteiger partial charge in [-0.1, -0.05) is 0 Å². The fourth-order valence-corrected chi connectivity index (χ4v) is 1.91. The Morgan fingerprint density at radius 1 is 1.67 bits per heavy atom. The van der Waals surface area contributed by atoms with Crippen LogP contribution in [0.3, 0.4) is 0 Å². The maximum absolute atomic E-state index is 10.9. The Hall–Kier alpha value is 0.110. The monoisotopic (exact) mass is 195 g/mol. The zero-order valence-electron chi connectivity index (χ0n) is 8.05. The van der Waals surface area contributed by atoms with Gasteiger partial charge in [-0.25, -0.2) is 0 Å². The molecule has 0 aromatic rings. The van der Waals surface area contributed by atoms with Crippen LogP contribution in [0.5, 0.6) is 0 Å². The second kappa shape index (κ2) is 4.97. The van der Waals surface area contributed by atoms with Gasteiger partial charge in [0.05, 0.1) is 5.54 Å². The lowest BCUT2D eigenvalue weighted by Gasteiger charge is -2.30. The van der Waals surface area contributed by atoms with Crippen molar-refractivity contribution in [1.82, 2.24) is 5.09 Å². The molecule has 5 heteroatoms. The van der Waals surface area contributed by atoms with E-state index in [-0.39, 0.29) is 0 Å². The molecule has 12 heavy (non-hydrogen) atoms. The normalized spacial score (nSPS) is 17.4. The third kappa shape index (κ3) is 4.21. The van der Waals surface area contributed by atoms with Crippen molar-refractivity contribution < 1.29 is 14.4 Å². The summed E-state index contributed by atoms with van der Waals surface area (Å²) in [6.07, 6.45) is -0.920. The quantitative estimate of drug-likeness (QED) is 0.503. The fraction of sp³-hybridized carbons (Fsp3) is 1.00. The third-order valence-corrected chi connectivity index (χ3v) is 2.44. The topological polar surface area (TPSA) is 58.6 Å². The Kier molecular flexibility index (Phi) is 5.02. The van der Waals surface area contributed by atoms with E-state index in [0.29, 0.717) is 6.61 Å². The Balaban J connectivity index is 4.07. The van der Waals surface area contributed by atoms with Crippen molar-refractivity contribution in [3.8, 4) is 0 Å². The predicted octanol–water partition coefficient (Wildman–Crippen LogP) is 0.814. The van der Waals surface area contributed by atoms with Crippen LogP contribution in [0.15, 0.2) is 0 Å². The molecule has 0 radical (unpaired) electrons. The zero-order valence-corrected chi connectivity index (χ0v) is 9.05. The van der Waals surface area contributed by atoms with Gasteiger partial charge in [-0.3, -0.25) is 5.09 Å². The van der Waals surface area contributed by atoms with Gasteiger partial charge in [0, 0.05) is 6.61 Å². The van der Waals surface area contributed by atoms with Gasteiger partial charge in [0.25, 0.3) is 0 Å². The summed E-state index contributed by atoms with van der Waals surface area (Å²) in [4.78, 5) is 0. The molecule has 0 fully saturated rings. The lowest BCUT2D eigenvalue weighted by Crippen LogP contribution is -2.47. The van der Waals surface area contributed by atoms with E-state index >= 15 is 0 Å². The summed E-state index contributed by atoms with van der Waals surface area (Å²) >= 11 is 0. The van der Waals surface area contributed by atoms with E-state index in [9.17, 15) is 9.67 Å². The first kappa shape index (κ1) is 12.1. The van der Waals surface area contributed by atoms with Gasteiger partial charge in [-0.15, -0.1) is 0 Å². The Morgan fingerprint density at radius 3 is 2.50 bits per heavy atom. The van der Waals surface area contributed by atoms with Crippen LogP contribution in [-0.2, 0) is 9.30 Å². The number of aliphatic hydroxyl groups is 1. The average molecular weight is 195 g/mol. The molecule has 74 valence electrons. The zero-order chi connectivity index (χ0) is 9.78. The van der Waals surface area contributed by atoms with Gasteiger partial charge in [0.15, 0.2) is 6.29 Å². The number of ether oxygens (including phenoxy) is 1. The van der Waals surface area contributed by atoms with E-state index in [0.717, 1.165) is 0 Å². The van der Waals surface area contributed by atoms with Gasteiger partial charge >= 0.3 is 0 Å². The van der Waals surface area contributed by atoms with Crippen LogP contribution in [0.25, 0.3) is 0 Å². The van der Waals surface area contributed by atoms with E-state index in [1.807, 2.05) is 0 Å². The van der Waals surface area contributed by atoms with Crippen LogP contribution >= 0.6 is 7.95 Å². The van der Waals surface area contributed by atoms with E-state index in [2.05, 4.69) is 5.09 Å². The maximum atomic E-state index is 10.9. The molecule has 0 saturated carbocycles. The summed E-state index contributed by atoms with van der Waals surface area (Å²) in [5, 5.41) is 12.2. The van der Waals surface area contributed by atoms with E-state index in [1.165, 1.54) is 0 Å². The number of hydrogen-bond donors (Lipinski definition) is 2. The van der Waals surface area contributed by atoms with Gasteiger partial charge in [0.1, 0.15) is 7.95 Å². The molecule has 2 unspecified atom stereocenters. The van der Waals surface area contributed by atoms with Gasteiger partial charge in [-0.2, -0.15) is 0 Å². The Labute approximate surface area is 74.1 Å². The van der Waals surface area contributed by atoms with Crippen LogP contribution < -0.4 is 5.09 Å². The molecule has 0 aliphatic rings. The molecule has 0 aromatic carbocycles. The smallest absolute Gasteiger partial charge is 0.172 e. The molecule has 2 atom stereocenters. The summed E-state index contributed by atoms with van der Waals surface area (Å²) in [6, 6.07) is 0. The molecule has 0 heterocycles. The third-order valence-electron chi connectivity index (χ3n) is 1.44. The van der Waals surface area contributed by atoms with E-state index in [4.69, 9.17) is 4.74 Å². The predicted molar refractivity (Wildman–Crippen MR) is 49.8 cm³/mol. The summed E-state index contributed by atoms with van der Waals surface area (Å²) in [7, 11) is -1.79. The van der Waals surface area contributed by atoms with Crippen LogP contribution in [0.2, 0.25) is 0 Å². The highest BCUT2D eigenvalue weighted by Gasteiger charge is 2.28. The fourth-order valence-electron chi connectivity index (χ4n) is 0.882. The lowest BCUT2D eigenvalue weighted by atomic mass is 10.1. The van der Waals surface area contributed by atoms with Gasteiger partial charge in [0.2, 0.25) is 0 Å². The molecule has 2 N–H and O–H groups in total. The molecule has 4 nitrogen and oxygen atoms in total. The maximum Gasteiger partial charge on any atom is 0.172 e. The number of nitrogens with one attached hydrogen (secondary N) is 1. The van der Waals surface area contributed by atoms with Crippen LogP contribution in [0.1, 0.15) is 20.8 Å². The van der Waals surface area contributed by atoms with Crippen molar-refractivity contribution in [2.75, 3.05) is 13.3 Å². The Bertz CT molecular complexity index is 161. The van der Waals surface area contributed by atoms with Gasteiger partial charge < -0.3 is 14.4 Å². The molecule has 0 saturated heterocycles.